The van der Waals surface area contributed by atoms with E-state index in [9.17, 15) is 18.4 Å². The molecule has 0 unspecified atom stereocenters. The normalized spacial score (nSPS) is 12.6. The maximum absolute atomic E-state index is 12.3. The first-order chi connectivity index (χ1) is 16.7. The fourth-order valence-corrected chi connectivity index (χ4v) is 4.16. The van der Waals surface area contributed by atoms with E-state index in [1.807, 2.05) is 27.7 Å². The highest BCUT2D eigenvalue weighted by molar-refractivity contribution is 7.21. The monoisotopic (exact) mass is 508 g/mol. The third-order valence-corrected chi connectivity index (χ3v) is 6.19. The lowest BCUT2D eigenvalue weighted by Crippen LogP contribution is -2.58. The van der Waals surface area contributed by atoms with Crippen molar-refractivity contribution in [3.05, 3.63) is 40.4 Å². The van der Waals surface area contributed by atoms with Gasteiger partial charge in [0.15, 0.2) is 0 Å². The number of aryl methyl sites for hydroxylation is 2. The number of aromatic nitrogens is 2. The quantitative estimate of drug-likeness (QED) is 0.433. The number of nitrogens with zero attached hydrogens (tertiary/aromatic N) is 3. The van der Waals surface area contributed by atoms with E-state index < -0.39 is 6.61 Å². The second kappa shape index (κ2) is 12.8. The Morgan fingerprint density at radius 3 is 2.40 bits per heavy atom. The van der Waals surface area contributed by atoms with Crippen LogP contribution in [-0.2, 0) is 4.79 Å². The number of fused-ring (bicyclic) bond motifs is 1. The Morgan fingerprint density at radius 1 is 1.23 bits per heavy atom. The number of anilines is 2. The maximum atomic E-state index is 12.3. The van der Waals surface area contributed by atoms with Gasteiger partial charge in [0, 0.05) is 31.2 Å². The summed E-state index contributed by atoms with van der Waals surface area (Å²) < 4.78 is 27.5. The molecule has 1 aliphatic heterocycles. The summed E-state index contributed by atoms with van der Waals surface area (Å²) in [6.07, 6.45) is 0.776. The number of nitrogens with two attached hydrogens (primary N) is 1. The molecule has 3 heterocycles. The molecular weight excluding hydrogens is 478 g/mol. The highest BCUT2D eigenvalue weighted by Gasteiger charge is 2.29. The van der Waals surface area contributed by atoms with Crippen LogP contribution in [0.3, 0.4) is 0 Å². The molecule has 2 aromatic heterocycles. The third-order valence-electron chi connectivity index (χ3n) is 5.10. The smallest absolute Gasteiger partial charge is 0.387 e. The van der Waals surface area contributed by atoms with Crippen LogP contribution < -0.4 is 21.1 Å². The zero-order chi connectivity index (χ0) is 26.1. The molecule has 190 valence electrons. The average Bonchev–Trinajstić information content (AvgIpc) is 3.17. The number of amides is 2. The predicted octanol–water partition coefficient (Wildman–Crippen LogP) is 3.82. The van der Waals surface area contributed by atoms with Gasteiger partial charge in [0.25, 0.3) is 5.91 Å². The zero-order valence-electron chi connectivity index (χ0n) is 20.3. The molecule has 0 bridgehead atoms. The third kappa shape index (κ3) is 6.98. The molecule has 1 aromatic carbocycles. The number of alkyl halides is 2. The van der Waals surface area contributed by atoms with Gasteiger partial charge in [-0.05, 0) is 43.7 Å². The lowest BCUT2D eigenvalue weighted by Gasteiger charge is -2.36. The second-order valence-electron chi connectivity index (χ2n) is 7.32. The van der Waals surface area contributed by atoms with E-state index in [1.54, 1.807) is 24.1 Å². The number of ether oxygens (including phenoxy) is 1. The molecule has 0 saturated carbocycles. The first-order valence-electron chi connectivity index (χ1n) is 11.0. The van der Waals surface area contributed by atoms with Crippen molar-refractivity contribution in [2.24, 2.45) is 0 Å². The number of hydrogen-bond acceptors (Lipinski definition) is 8. The number of likely N-dealkylation sites (tertiary alicyclic amines) is 1. The number of halogens is 2. The lowest BCUT2D eigenvalue weighted by molar-refractivity contribution is -0.122. The van der Waals surface area contributed by atoms with E-state index in [0.29, 0.717) is 28.5 Å². The Morgan fingerprint density at radius 2 is 1.86 bits per heavy atom. The Balaban J connectivity index is 0.000000263. The highest BCUT2D eigenvalue weighted by atomic mass is 32.1. The molecule has 3 aromatic rings. The van der Waals surface area contributed by atoms with Gasteiger partial charge >= 0.3 is 6.61 Å². The SMILES string of the molecule is CC.CNc1ccc(OC(F)F)cc1.Cc1nnc2sc(C(=O)NC3CN(C=O)C3)c(N)c2c1C. The minimum atomic E-state index is -2.76. The van der Waals surface area contributed by atoms with E-state index in [-0.39, 0.29) is 17.7 Å². The van der Waals surface area contributed by atoms with Gasteiger partial charge in [0.1, 0.15) is 15.5 Å². The van der Waals surface area contributed by atoms with Crippen LogP contribution in [-0.4, -0.2) is 60.2 Å². The summed E-state index contributed by atoms with van der Waals surface area (Å²) >= 11 is 1.24. The van der Waals surface area contributed by atoms with Crippen molar-refractivity contribution < 1.29 is 23.1 Å². The topological polar surface area (TPSA) is 122 Å². The number of rotatable bonds is 6. The molecule has 0 aliphatic carbocycles. The molecule has 4 N–H and O–H groups in total. The number of thiophene rings is 1. The molecule has 2 amide bonds. The van der Waals surface area contributed by atoms with Gasteiger partial charge in [-0.1, -0.05) is 13.8 Å². The molecule has 1 fully saturated rings. The van der Waals surface area contributed by atoms with Gasteiger partial charge in [-0.2, -0.15) is 13.9 Å². The van der Waals surface area contributed by atoms with Crippen LogP contribution in [0.1, 0.15) is 34.8 Å². The van der Waals surface area contributed by atoms with Gasteiger partial charge in [-0.25, -0.2) is 0 Å². The van der Waals surface area contributed by atoms with Crippen molar-refractivity contribution in [2.75, 3.05) is 31.2 Å². The number of carbonyl (C=O) groups is 2. The summed E-state index contributed by atoms with van der Waals surface area (Å²) in [6, 6.07) is 6.28. The highest BCUT2D eigenvalue weighted by Crippen LogP contribution is 2.34. The minimum Gasteiger partial charge on any atom is -0.435 e. The van der Waals surface area contributed by atoms with Crippen molar-refractivity contribution in [1.82, 2.24) is 20.4 Å². The van der Waals surface area contributed by atoms with Crippen LogP contribution in [0.5, 0.6) is 5.75 Å². The summed E-state index contributed by atoms with van der Waals surface area (Å²) in [5.74, 6) is -0.0490. The minimum absolute atomic E-state index is 0.0128. The molecule has 4 rings (SSSR count). The van der Waals surface area contributed by atoms with Crippen molar-refractivity contribution in [3.8, 4) is 5.75 Å². The fraction of sp³-hybridized carbons (Fsp3) is 0.391. The summed E-state index contributed by atoms with van der Waals surface area (Å²) in [5.41, 5.74) is 9.18. The van der Waals surface area contributed by atoms with E-state index in [4.69, 9.17) is 5.73 Å². The molecular formula is C23H30F2N6O3S. The molecule has 1 saturated heterocycles. The van der Waals surface area contributed by atoms with E-state index >= 15 is 0 Å². The van der Waals surface area contributed by atoms with Crippen LogP contribution in [0.15, 0.2) is 24.3 Å². The Labute approximate surface area is 206 Å². The molecule has 1 aliphatic rings. The molecule has 9 nitrogen and oxygen atoms in total. The number of nitrogens with one attached hydrogen (secondary N) is 2. The summed E-state index contributed by atoms with van der Waals surface area (Å²) in [6.45, 7) is 6.10. The van der Waals surface area contributed by atoms with E-state index in [0.717, 1.165) is 28.7 Å². The Kier molecular flexibility index (Phi) is 10.1. The Hall–Kier alpha value is -3.54. The Bertz CT molecular complexity index is 1130. The van der Waals surface area contributed by atoms with Crippen molar-refractivity contribution in [3.63, 3.8) is 0 Å². The predicted molar refractivity (Wildman–Crippen MR) is 134 cm³/mol. The van der Waals surface area contributed by atoms with Gasteiger partial charge in [-0.3, -0.25) is 9.59 Å². The zero-order valence-corrected chi connectivity index (χ0v) is 21.1. The van der Waals surface area contributed by atoms with Crippen LogP contribution in [0.2, 0.25) is 0 Å². The lowest BCUT2D eigenvalue weighted by atomic mass is 10.1. The maximum Gasteiger partial charge on any atom is 0.387 e. The number of benzene rings is 1. The second-order valence-corrected chi connectivity index (χ2v) is 8.32. The van der Waals surface area contributed by atoms with Crippen molar-refractivity contribution >= 4 is 45.2 Å². The first kappa shape index (κ1) is 27.7. The van der Waals surface area contributed by atoms with E-state index in [1.165, 1.54) is 23.5 Å². The van der Waals surface area contributed by atoms with Gasteiger partial charge in [-0.15, -0.1) is 16.4 Å². The van der Waals surface area contributed by atoms with Crippen LogP contribution in [0, 0.1) is 13.8 Å². The standard InChI is InChI=1S/C13H15N5O2S.C8H9F2NO.C2H6/c1-6-7(2)16-17-13-9(6)10(14)11(21-13)12(20)15-8-3-18(4-8)5-19;1-11-6-2-4-7(5-3-6)12-8(9)10;1-2/h5,8H,3-4,14H2,1-2H3,(H,15,20);2-5,8,11H,1H3;1-2H3. The van der Waals surface area contributed by atoms with Crippen LogP contribution >= 0.6 is 11.3 Å². The molecule has 35 heavy (non-hydrogen) atoms. The summed E-state index contributed by atoms with van der Waals surface area (Å²) in [4.78, 5) is 25.5. The summed E-state index contributed by atoms with van der Waals surface area (Å²) in [5, 5.41) is 14.7. The largest absolute Gasteiger partial charge is 0.435 e. The van der Waals surface area contributed by atoms with Gasteiger partial charge in [0.05, 0.1) is 17.4 Å². The van der Waals surface area contributed by atoms with Crippen LogP contribution in [0.25, 0.3) is 10.2 Å². The van der Waals surface area contributed by atoms with Crippen molar-refractivity contribution in [1.29, 1.82) is 0 Å². The number of hydrogen-bond donors (Lipinski definition) is 3. The van der Waals surface area contributed by atoms with E-state index in [2.05, 4.69) is 25.6 Å². The molecule has 0 spiro atoms. The molecule has 12 heteroatoms. The molecule has 0 radical (unpaired) electrons. The molecule has 0 atom stereocenters. The average molecular weight is 509 g/mol. The van der Waals surface area contributed by atoms with Gasteiger partial charge in [0.2, 0.25) is 6.41 Å². The number of carbonyl (C=O) groups excluding carboxylic acids is 2. The first-order valence-corrected chi connectivity index (χ1v) is 11.8. The fourth-order valence-electron chi connectivity index (χ4n) is 3.15. The van der Waals surface area contributed by atoms with Crippen LogP contribution in [0.4, 0.5) is 20.2 Å². The number of nitrogen functional groups attached to an aromatic ring is 1. The van der Waals surface area contributed by atoms with Crippen molar-refractivity contribution in [2.45, 2.75) is 40.3 Å². The van der Waals surface area contributed by atoms with Gasteiger partial charge < -0.3 is 26.0 Å². The summed E-state index contributed by atoms with van der Waals surface area (Å²) in [7, 11) is 1.75.